The van der Waals surface area contributed by atoms with Crippen molar-refractivity contribution >= 4 is 8.03 Å². The van der Waals surface area contributed by atoms with Gasteiger partial charge in [-0.2, -0.15) is 0 Å². The summed E-state index contributed by atoms with van der Waals surface area (Å²) in [7, 11) is -1.81. The first-order valence-electron chi connectivity index (χ1n) is 7.48. The fourth-order valence-corrected chi connectivity index (χ4v) is 4.34. The van der Waals surface area contributed by atoms with Gasteiger partial charge in [-0.25, -0.2) is 0 Å². The van der Waals surface area contributed by atoms with Crippen LogP contribution in [-0.2, 0) is 9.09 Å². The highest BCUT2D eigenvalue weighted by molar-refractivity contribution is 7.40. The highest BCUT2D eigenvalue weighted by Crippen LogP contribution is 2.39. The predicted octanol–water partition coefficient (Wildman–Crippen LogP) is 5.17. The van der Waals surface area contributed by atoms with Crippen molar-refractivity contribution in [1.29, 1.82) is 0 Å². The molecular formula is C14H29O2P. The summed E-state index contributed by atoms with van der Waals surface area (Å²) < 4.78 is 18.1. The molecule has 2 nitrogen and oxygen atoms in total. The maximum atomic E-state index is 12.3. The molecule has 0 amide bonds. The summed E-state index contributed by atoms with van der Waals surface area (Å²) in [6.45, 7) is 4.37. The van der Waals surface area contributed by atoms with E-state index in [1.807, 2.05) is 0 Å². The van der Waals surface area contributed by atoms with Gasteiger partial charge >= 0.3 is 0 Å². The van der Waals surface area contributed by atoms with Crippen molar-refractivity contribution in [2.24, 2.45) is 0 Å². The van der Waals surface area contributed by atoms with Gasteiger partial charge in [0.2, 0.25) is 0 Å². The molecule has 0 bridgehead atoms. The molecule has 2 unspecified atom stereocenters. The third-order valence-electron chi connectivity index (χ3n) is 3.71. The van der Waals surface area contributed by atoms with Gasteiger partial charge in [-0.15, -0.1) is 0 Å². The highest BCUT2D eigenvalue weighted by atomic mass is 31.1. The molecule has 2 atom stereocenters. The molecule has 0 N–H and O–H groups in total. The SMILES string of the molecule is CCCCC(CCC)[PH](=O)OC1CCCCC1. The molecule has 0 radical (unpaired) electrons. The van der Waals surface area contributed by atoms with E-state index in [2.05, 4.69) is 13.8 Å². The van der Waals surface area contributed by atoms with E-state index in [4.69, 9.17) is 4.52 Å². The van der Waals surface area contributed by atoms with E-state index in [0.29, 0.717) is 11.8 Å². The van der Waals surface area contributed by atoms with Crippen LogP contribution in [0.1, 0.15) is 78.1 Å². The second-order valence-corrected chi connectivity index (χ2v) is 7.02. The predicted molar refractivity (Wildman–Crippen MR) is 75.2 cm³/mol. The summed E-state index contributed by atoms with van der Waals surface area (Å²) in [4.78, 5) is 0. The molecule has 1 saturated carbocycles. The molecule has 0 saturated heterocycles. The van der Waals surface area contributed by atoms with Crippen LogP contribution < -0.4 is 0 Å². The Bertz CT molecular complexity index is 212. The first-order chi connectivity index (χ1) is 8.27. The molecule has 1 aliphatic carbocycles. The maximum absolute atomic E-state index is 12.3. The van der Waals surface area contributed by atoms with Crippen molar-refractivity contribution in [3.05, 3.63) is 0 Å². The minimum Gasteiger partial charge on any atom is -0.327 e. The van der Waals surface area contributed by atoms with Crippen LogP contribution in [0.2, 0.25) is 0 Å². The number of unbranched alkanes of at least 4 members (excludes halogenated alkanes) is 1. The summed E-state index contributed by atoms with van der Waals surface area (Å²) in [5.74, 6) is 0. The fourth-order valence-electron chi connectivity index (χ4n) is 2.62. The van der Waals surface area contributed by atoms with Crippen molar-refractivity contribution in [2.45, 2.75) is 89.8 Å². The van der Waals surface area contributed by atoms with Crippen LogP contribution in [0.3, 0.4) is 0 Å². The second kappa shape index (κ2) is 9.16. The minimum absolute atomic E-state index is 0.302. The number of hydrogen-bond acceptors (Lipinski definition) is 2. The van der Waals surface area contributed by atoms with Gasteiger partial charge in [0.25, 0.3) is 0 Å². The zero-order chi connectivity index (χ0) is 12.5. The Morgan fingerprint density at radius 1 is 1.12 bits per heavy atom. The van der Waals surface area contributed by atoms with Crippen molar-refractivity contribution in [3.63, 3.8) is 0 Å². The standard InChI is InChI=1S/C14H29O2P/c1-3-5-12-14(9-4-2)17(15)16-13-10-7-6-8-11-13/h13-14,17H,3-12H2,1-2H3. The zero-order valence-corrected chi connectivity index (χ0v) is 12.5. The van der Waals surface area contributed by atoms with Crippen LogP contribution in [0.15, 0.2) is 0 Å². The van der Waals surface area contributed by atoms with Gasteiger partial charge in [-0.1, -0.05) is 52.4 Å². The van der Waals surface area contributed by atoms with Crippen LogP contribution in [0.5, 0.6) is 0 Å². The lowest BCUT2D eigenvalue weighted by molar-refractivity contribution is 0.162. The van der Waals surface area contributed by atoms with Gasteiger partial charge in [-0.3, -0.25) is 4.57 Å². The Labute approximate surface area is 107 Å². The topological polar surface area (TPSA) is 26.3 Å². The second-order valence-electron chi connectivity index (χ2n) is 5.32. The molecule has 0 spiro atoms. The molecule has 0 aliphatic heterocycles. The Hall–Kier alpha value is 0.190. The van der Waals surface area contributed by atoms with Gasteiger partial charge in [-0.05, 0) is 25.7 Å². The van der Waals surface area contributed by atoms with Gasteiger partial charge in [0.15, 0.2) is 8.03 Å². The minimum atomic E-state index is -1.81. The highest BCUT2D eigenvalue weighted by Gasteiger charge is 2.21. The molecule has 1 rings (SSSR count). The largest absolute Gasteiger partial charge is 0.327 e. The van der Waals surface area contributed by atoms with E-state index < -0.39 is 8.03 Å². The van der Waals surface area contributed by atoms with E-state index in [0.717, 1.165) is 32.1 Å². The van der Waals surface area contributed by atoms with Crippen molar-refractivity contribution in [3.8, 4) is 0 Å². The fraction of sp³-hybridized carbons (Fsp3) is 1.00. The number of rotatable bonds is 8. The average Bonchev–Trinajstić information content (AvgIpc) is 2.35. The van der Waals surface area contributed by atoms with Crippen molar-refractivity contribution in [1.82, 2.24) is 0 Å². The number of hydrogen-bond donors (Lipinski definition) is 0. The van der Waals surface area contributed by atoms with Crippen LogP contribution in [0.25, 0.3) is 0 Å². The molecule has 0 aromatic heterocycles. The van der Waals surface area contributed by atoms with Crippen LogP contribution in [0, 0.1) is 0 Å². The van der Waals surface area contributed by atoms with Crippen LogP contribution in [-0.4, -0.2) is 11.8 Å². The molecule has 0 aromatic carbocycles. The van der Waals surface area contributed by atoms with E-state index in [-0.39, 0.29) is 0 Å². The van der Waals surface area contributed by atoms with E-state index in [1.165, 1.54) is 32.1 Å². The van der Waals surface area contributed by atoms with Gasteiger partial charge in [0, 0.05) is 5.66 Å². The van der Waals surface area contributed by atoms with Crippen molar-refractivity contribution < 1.29 is 9.09 Å². The van der Waals surface area contributed by atoms with E-state index >= 15 is 0 Å². The monoisotopic (exact) mass is 260 g/mol. The molecule has 0 heterocycles. The lowest BCUT2D eigenvalue weighted by Crippen LogP contribution is -2.15. The Balaban J connectivity index is 2.34. The summed E-state index contributed by atoms with van der Waals surface area (Å²) in [6.07, 6.45) is 12.1. The quantitative estimate of drug-likeness (QED) is 0.563. The summed E-state index contributed by atoms with van der Waals surface area (Å²) in [5, 5.41) is 0. The van der Waals surface area contributed by atoms with Crippen LogP contribution in [0.4, 0.5) is 0 Å². The van der Waals surface area contributed by atoms with Gasteiger partial charge in [0.05, 0.1) is 6.10 Å². The average molecular weight is 260 g/mol. The lowest BCUT2D eigenvalue weighted by atomic mass is 9.98. The molecule has 17 heavy (non-hydrogen) atoms. The Kier molecular flexibility index (Phi) is 8.22. The molecular weight excluding hydrogens is 231 g/mol. The molecule has 1 fully saturated rings. The third-order valence-corrected chi connectivity index (χ3v) is 5.52. The van der Waals surface area contributed by atoms with Crippen LogP contribution >= 0.6 is 8.03 Å². The third kappa shape index (κ3) is 6.06. The Morgan fingerprint density at radius 3 is 2.41 bits per heavy atom. The molecule has 0 aromatic rings. The molecule has 3 heteroatoms. The van der Waals surface area contributed by atoms with Gasteiger partial charge in [0.1, 0.15) is 0 Å². The first kappa shape index (κ1) is 15.2. The smallest absolute Gasteiger partial charge is 0.194 e. The van der Waals surface area contributed by atoms with E-state index in [1.54, 1.807) is 0 Å². The zero-order valence-electron chi connectivity index (χ0n) is 11.5. The maximum Gasteiger partial charge on any atom is 0.194 e. The van der Waals surface area contributed by atoms with Gasteiger partial charge < -0.3 is 4.52 Å². The van der Waals surface area contributed by atoms with E-state index in [9.17, 15) is 4.57 Å². The summed E-state index contributed by atoms with van der Waals surface area (Å²) in [5.41, 5.74) is 0.340. The first-order valence-corrected chi connectivity index (χ1v) is 8.87. The lowest BCUT2D eigenvalue weighted by Gasteiger charge is -2.24. The normalized spacial score (nSPS) is 21.3. The summed E-state index contributed by atoms with van der Waals surface area (Å²) in [6, 6.07) is 0. The summed E-state index contributed by atoms with van der Waals surface area (Å²) >= 11 is 0. The molecule has 1 aliphatic rings. The Morgan fingerprint density at radius 2 is 1.82 bits per heavy atom. The molecule has 102 valence electrons. The van der Waals surface area contributed by atoms with Crippen molar-refractivity contribution in [2.75, 3.05) is 0 Å².